The molecule has 1 aromatic rings. The van der Waals surface area contributed by atoms with E-state index in [1.54, 1.807) is 21.0 Å². The van der Waals surface area contributed by atoms with Gasteiger partial charge in [-0.15, -0.1) is 0 Å². The molecule has 20 heavy (non-hydrogen) atoms. The molecule has 0 bridgehead atoms. The molecular formula is C15H23NO4. The van der Waals surface area contributed by atoms with Crippen molar-refractivity contribution in [1.29, 1.82) is 0 Å². The molecule has 0 saturated heterocycles. The summed E-state index contributed by atoms with van der Waals surface area (Å²) < 4.78 is 15.8. The Kier molecular flexibility index (Phi) is 5.82. The average molecular weight is 281 g/mol. The highest BCUT2D eigenvalue weighted by Gasteiger charge is 2.30. The lowest BCUT2D eigenvalue weighted by atomic mass is 9.95. The van der Waals surface area contributed by atoms with Gasteiger partial charge in [-0.2, -0.15) is 0 Å². The summed E-state index contributed by atoms with van der Waals surface area (Å²) in [7, 11) is 4.85. The van der Waals surface area contributed by atoms with E-state index >= 15 is 0 Å². The van der Waals surface area contributed by atoms with Crippen LogP contribution in [0.15, 0.2) is 18.2 Å². The molecule has 5 heteroatoms. The number of methoxy groups -OCH3 is 2. The van der Waals surface area contributed by atoms with Crippen molar-refractivity contribution in [3.05, 3.63) is 23.8 Å². The molecule has 0 fully saturated rings. The lowest BCUT2D eigenvalue weighted by Crippen LogP contribution is -2.32. The largest absolute Gasteiger partial charge is 0.497 e. The monoisotopic (exact) mass is 281 g/mol. The van der Waals surface area contributed by atoms with Gasteiger partial charge in [-0.05, 0) is 27.0 Å². The Morgan fingerprint density at radius 1 is 1.30 bits per heavy atom. The summed E-state index contributed by atoms with van der Waals surface area (Å²) in [5.74, 6) is 1.13. The van der Waals surface area contributed by atoms with Crippen LogP contribution in [-0.4, -0.2) is 33.8 Å². The van der Waals surface area contributed by atoms with E-state index in [9.17, 15) is 4.79 Å². The standard InChI is InChI=1S/C15H23NO4/c1-15(2,14(17)19-5)10-20-13-8-12(18-4)7-6-11(13)9-16-3/h6-8,16H,9-10H2,1-5H3. The number of hydrogen-bond acceptors (Lipinski definition) is 5. The molecule has 0 saturated carbocycles. The van der Waals surface area contributed by atoms with Gasteiger partial charge in [-0.3, -0.25) is 4.79 Å². The van der Waals surface area contributed by atoms with Gasteiger partial charge >= 0.3 is 5.97 Å². The summed E-state index contributed by atoms with van der Waals surface area (Å²) in [6.45, 7) is 4.50. The maximum Gasteiger partial charge on any atom is 0.314 e. The lowest BCUT2D eigenvalue weighted by Gasteiger charge is -2.23. The molecule has 0 heterocycles. The highest BCUT2D eigenvalue weighted by molar-refractivity contribution is 5.75. The van der Waals surface area contributed by atoms with Crippen molar-refractivity contribution in [3.63, 3.8) is 0 Å². The highest BCUT2D eigenvalue weighted by Crippen LogP contribution is 2.27. The first-order valence-electron chi connectivity index (χ1n) is 6.47. The van der Waals surface area contributed by atoms with Gasteiger partial charge < -0.3 is 19.5 Å². The van der Waals surface area contributed by atoms with Crippen LogP contribution in [-0.2, 0) is 16.1 Å². The predicted molar refractivity (Wildman–Crippen MR) is 77.0 cm³/mol. The smallest absolute Gasteiger partial charge is 0.314 e. The van der Waals surface area contributed by atoms with E-state index in [4.69, 9.17) is 14.2 Å². The molecule has 5 nitrogen and oxygen atoms in total. The molecular weight excluding hydrogens is 258 g/mol. The number of ether oxygens (including phenoxy) is 3. The number of benzene rings is 1. The van der Waals surface area contributed by atoms with E-state index in [1.165, 1.54) is 7.11 Å². The van der Waals surface area contributed by atoms with Crippen molar-refractivity contribution in [3.8, 4) is 11.5 Å². The van der Waals surface area contributed by atoms with Crippen molar-refractivity contribution in [2.24, 2.45) is 5.41 Å². The predicted octanol–water partition coefficient (Wildman–Crippen LogP) is 1.99. The summed E-state index contributed by atoms with van der Waals surface area (Å²) >= 11 is 0. The quantitative estimate of drug-likeness (QED) is 0.775. The van der Waals surface area contributed by atoms with Gasteiger partial charge in [0, 0.05) is 18.2 Å². The first kappa shape index (κ1) is 16.3. The van der Waals surface area contributed by atoms with Crippen molar-refractivity contribution in [2.75, 3.05) is 27.9 Å². The number of nitrogens with one attached hydrogen (secondary N) is 1. The molecule has 1 rings (SSSR count). The SMILES string of the molecule is CNCc1ccc(OC)cc1OCC(C)(C)C(=O)OC. The molecule has 0 aliphatic heterocycles. The van der Waals surface area contributed by atoms with Crippen LogP contribution in [0.3, 0.4) is 0 Å². The second kappa shape index (κ2) is 7.14. The minimum atomic E-state index is -0.700. The van der Waals surface area contributed by atoms with Gasteiger partial charge in [0.25, 0.3) is 0 Å². The molecule has 1 aromatic carbocycles. The summed E-state index contributed by atoms with van der Waals surface area (Å²) in [5, 5.41) is 3.08. The van der Waals surface area contributed by atoms with E-state index in [1.807, 2.05) is 25.2 Å². The Balaban J connectivity index is 2.87. The maximum absolute atomic E-state index is 11.6. The van der Waals surface area contributed by atoms with E-state index in [0.29, 0.717) is 12.3 Å². The third-order valence-electron chi connectivity index (χ3n) is 2.97. The third kappa shape index (κ3) is 4.13. The van der Waals surface area contributed by atoms with Gasteiger partial charge in [0.15, 0.2) is 0 Å². The van der Waals surface area contributed by atoms with Crippen LogP contribution < -0.4 is 14.8 Å². The molecule has 0 atom stereocenters. The fraction of sp³-hybridized carbons (Fsp3) is 0.533. The minimum Gasteiger partial charge on any atom is -0.497 e. The second-order valence-corrected chi connectivity index (χ2v) is 5.17. The van der Waals surface area contributed by atoms with E-state index in [-0.39, 0.29) is 12.6 Å². The van der Waals surface area contributed by atoms with Crippen LogP contribution in [0, 0.1) is 5.41 Å². The minimum absolute atomic E-state index is 0.240. The number of carbonyl (C=O) groups excluding carboxylic acids is 1. The van der Waals surface area contributed by atoms with E-state index < -0.39 is 5.41 Å². The van der Waals surface area contributed by atoms with E-state index in [2.05, 4.69) is 5.32 Å². The van der Waals surface area contributed by atoms with Crippen molar-refractivity contribution >= 4 is 5.97 Å². The molecule has 0 unspecified atom stereocenters. The van der Waals surface area contributed by atoms with E-state index in [0.717, 1.165) is 11.3 Å². The summed E-state index contributed by atoms with van der Waals surface area (Å²) in [4.78, 5) is 11.6. The van der Waals surface area contributed by atoms with Crippen LogP contribution in [0.4, 0.5) is 0 Å². The normalized spacial score (nSPS) is 11.1. The maximum atomic E-state index is 11.6. The first-order valence-corrected chi connectivity index (χ1v) is 6.47. The highest BCUT2D eigenvalue weighted by atomic mass is 16.5. The molecule has 0 aromatic heterocycles. The molecule has 0 spiro atoms. The topological polar surface area (TPSA) is 56.8 Å². The van der Waals surface area contributed by atoms with Gasteiger partial charge in [-0.25, -0.2) is 0 Å². The third-order valence-corrected chi connectivity index (χ3v) is 2.97. The lowest BCUT2D eigenvalue weighted by molar-refractivity contribution is -0.152. The van der Waals surface area contributed by atoms with Gasteiger partial charge in [0.1, 0.15) is 18.1 Å². The van der Waals surface area contributed by atoms with Gasteiger partial charge in [0.2, 0.25) is 0 Å². The molecule has 0 aliphatic carbocycles. The zero-order chi connectivity index (χ0) is 15.2. The number of carbonyl (C=O) groups is 1. The van der Waals surface area contributed by atoms with Gasteiger partial charge in [0.05, 0.1) is 19.6 Å². The Bertz CT molecular complexity index is 457. The Morgan fingerprint density at radius 3 is 2.55 bits per heavy atom. The summed E-state index contributed by atoms with van der Waals surface area (Å²) in [5.41, 5.74) is 0.309. The van der Waals surface area contributed by atoms with Crippen molar-refractivity contribution < 1.29 is 19.0 Å². The number of esters is 1. The Hall–Kier alpha value is -1.75. The fourth-order valence-electron chi connectivity index (χ4n) is 1.73. The number of rotatable bonds is 7. The van der Waals surface area contributed by atoms with Crippen molar-refractivity contribution in [1.82, 2.24) is 5.32 Å². The first-order chi connectivity index (χ1) is 9.44. The summed E-state index contributed by atoms with van der Waals surface area (Å²) in [6.07, 6.45) is 0. The van der Waals surface area contributed by atoms with Crippen molar-refractivity contribution in [2.45, 2.75) is 20.4 Å². The van der Waals surface area contributed by atoms with Crippen LogP contribution in [0.25, 0.3) is 0 Å². The van der Waals surface area contributed by atoms with Crippen LogP contribution in [0.2, 0.25) is 0 Å². The van der Waals surface area contributed by atoms with Crippen LogP contribution in [0.1, 0.15) is 19.4 Å². The number of hydrogen-bond donors (Lipinski definition) is 1. The zero-order valence-corrected chi connectivity index (χ0v) is 12.8. The average Bonchev–Trinajstić information content (AvgIpc) is 2.45. The summed E-state index contributed by atoms with van der Waals surface area (Å²) in [6, 6.07) is 5.64. The fourth-order valence-corrected chi connectivity index (χ4v) is 1.73. The molecule has 0 aliphatic rings. The second-order valence-electron chi connectivity index (χ2n) is 5.17. The molecule has 0 amide bonds. The molecule has 1 N–H and O–H groups in total. The Morgan fingerprint density at radius 2 is 2.00 bits per heavy atom. The molecule has 0 radical (unpaired) electrons. The Labute approximate surface area is 120 Å². The zero-order valence-electron chi connectivity index (χ0n) is 12.8. The van der Waals surface area contributed by atoms with Gasteiger partial charge in [-0.1, -0.05) is 6.07 Å². The molecule has 112 valence electrons. The van der Waals surface area contributed by atoms with Crippen LogP contribution >= 0.6 is 0 Å². The van der Waals surface area contributed by atoms with Crippen LogP contribution in [0.5, 0.6) is 11.5 Å².